The lowest BCUT2D eigenvalue weighted by molar-refractivity contribution is 0.354. The number of halogens is 1. The Kier molecular flexibility index (Phi) is 7.06. The molecule has 0 aliphatic heterocycles. The van der Waals surface area contributed by atoms with Crippen LogP contribution in [0.5, 0.6) is 11.5 Å². The molecule has 1 N–H and O–H groups in total. The van der Waals surface area contributed by atoms with Crippen LogP contribution >= 0.6 is 11.3 Å². The Morgan fingerprint density at radius 1 is 1.00 bits per heavy atom. The second-order valence-electron chi connectivity index (χ2n) is 6.64. The van der Waals surface area contributed by atoms with Gasteiger partial charge in [0, 0.05) is 18.5 Å². The van der Waals surface area contributed by atoms with E-state index in [0.29, 0.717) is 0 Å². The molecule has 0 unspecified atom stereocenters. The van der Waals surface area contributed by atoms with Crippen molar-refractivity contribution in [1.82, 2.24) is 9.88 Å². The summed E-state index contributed by atoms with van der Waals surface area (Å²) in [6.45, 7) is 1.56. The summed E-state index contributed by atoms with van der Waals surface area (Å²) in [5, 5.41) is 3.43. The lowest BCUT2D eigenvalue weighted by Gasteiger charge is -2.10. The van der Waals surface area contributed by atoms with E-state index in [9.17, 15) is 9.18 Å². The van der Waals surface area contributed by atoms with Crippen molar-refractivity contribution in [2.24, 2.45) is 7.05 Å². The van der Waals surface area contributed by atoms with E-state index in [4.69, 9.17) is 9.47 Å². The zero-order chi connectivity index (χ0) is 20.8. The quantitative estimate of drug-likeness (QED) is 0.541. The maximum atomic E-state index is 13.2. The molecule has 2 aromatic carbocycles. The lowest BCUT2D eigenvalue weighted by Crippen LogP contribution is -2.20. The molecule has 3 aromatic rings. The Morgan fingerprint density at radius 3 is 2.38 bits per heavy atom. The van der Waals surface area contributed by atoms with E-state index < -0.39 is 0 Å². The van der Waals surface area contributed by atoms with E-state index in [2.05, 4.69) is 5.32 Å². The molecule has 154 valence electrons. The number of nitrogens with one attached hydrogen (secondary N) is 1. The van der Waals surface area contributed by atoms with Crippen molar-refractivity contribution < 1.29 is 13.9 Å². The first-order valence-electron chi connectivity index (χ1n) is 9.39. The van der Waals surface area contributed by atoms with Gasteiger partial charge in [-0.25, -0.2) is 4.39 Å². The molecule has 0 aliphatic carbocycles. The van der Waals surface area contributed by atoms with Crippen molar-refractivity contribution in [3.05, 3.63) is 68.4 Å². The molecule has 0 radical (unpaired) electrons. The molecule has 5 nitrogen and oxygen atoms in total. The highest BCUT2D eigenvalue weighted by Gasteiger charge is 2.14. The summed E-state index contributed by atoms with van der Waals surface area (Å²) in [6, 6.07) is 12.2. The second kappa shape index (κ2) is 9.71. The summed E-state index contributed by atoms with van der Waals surface area (Å²) in [5.41, 5.74) is 2.88. The Bertz CT molecular complexity index is 1010. The molecule has 0 aliphatic rings. The molecule has 1 aromatic heterocycles. The highest BCUT2D eigenvalue weighted by atomic mass is 32.1. The Hall–Kier alpha value is -2.64. The maximum absolute atomic E-state index is 13.2. The van der Waals surface area contributed by atoms with Crippen LogP contribution in [0.25, 0.3) is 11.3 Å². The molecule has 0 saturated carbocycles. The van der Waals surface area contributed by atoms with Crippen LogP contribution in [0.4, 0.5) is 4.39 Å². The molecule has 0 spiro atoms. The average Bonchev–Trinajstić information content (AvgIpc) is 3.01. The first-order valence-corrected chi connectivity index (χ1v) is 10.2. The van der Waals surface area contributed by atoms with Gasteiger partial charge in [0.25, 0.3) is 0 Å². The Balaban J connectivity index is 1.58. The van der Waals surface area contributed by atoms with Gasteiger partial charge in [-0.1, -0.05) is 17.4 Å². The molecule has 3 rings (SSSR count). The molecule has 0 fully saturated rings. The van der Waals surface area contributed by atoms with Crippen molar-refractivity contribution in [1.29, 1.82) is 0 Å². The van der Waals surface area contributed by atoms with Gasteiger partial charge in [0.1, 0.15) is 5.82 Å². The fourth-order valence-electron chi connectivity index (χ4n) is 3.23. The van der Waals surface area contributed by atoms with Crippen LogP contribution in [-0.2, 0) is 19.9 Å². The Labute approximate surface area is 173 Å². The van der Waals surface area contributed by atoms with Crippen LogP contribution in [0.3, 0.4) is 0 Å². The zero-order valence-corrected chi connectivity index (χ0v) is 17.6. The van der Waals surface area contributed by atoms with Crippen molar-refractivity contribution >= 4 is 11.3 Å². The largest absolute Gasteiger partial charge is 0.493 e. The van der Waals surface area contributed by atoms with Gasteiger partial charge >= 0.3 is 4.87 Å². The number of benzene rings is 2. The van der Waals surface area contributed by atoms with E-state index >= 15 is 0 Å². The van der Waals surface area contributed by atoms with Gasteiger partial charge in [0.05, 0.1) is 19.9 Å². The number of hydrogen-bond donors (Lipinski definition) is 1. The summed E-state index contributed by atoms with van der Waals surface area (Å²) >= 11 is 1.25. The van der Waals surface area contributed by atoms with Crippen LogP contribution in [-0.4, -0.2) is 31.9 Å². The number of ether oxygens (including phenoxy) is 2. The second-order valence-corrected chi connectivity index (χ2v) is 7.69. The number of hydrogen-bond acceptors (Lipinski definition) is 5. The van der Waals surface area contributed by atoms with Gasteiger partial charge in [-0.3, -0.25) is 4.79 Å². The summed E-state index contributed by atoms with van der Waals surface area (Å²) in [7, 11) is 5.01. The number of rotatable bonds is 9. The van der Waals surface area contributed by atoms with E-state index in [1.165, 1.54) is 23.5 Å². The molecule has 7 heteroatoms. The minimum Gasteiger partial charge on any atom is -0.493 e. The van der Waals surface area contributed by atoms with Crippen molar-refractivity contribution in [3.63, 3.8) is 0 Å². The summed E-state index contributed by atoms with van der Waals surface area (Å²) in [4.78, 5) is 13.1. The number of nitrogens with zero attached hydrogens (tertiary/aromatic N) is 1. The van der Waals surface area contributed by atoms with Crippen molar-refractivity contribution in [3.8, 4) is 22.8 Å². The van der Waals surface area contributed by atoms with Crippen molar-refractivity contribution in [2.45, 2.75) is 12.8 Å². The zero-order valence-electron chi connectivity index (χ0n) is 16.8. The monoisotopic (exact) mass is 416 g/mol. The third-order valence-electron chi connectivity index (χ3n) is 4.77. The van der Waals surface area contributed by atoms with Crippen LogP contribution in [0.15, 0.2) is 47.3 Å². The smallest absolute Gasteiger partial charge is 0.307 e. The highest BCUT2D eigenvalue weighted by Crippen LogP contribution is 2.28. The number of aromatic nitrogens is 1. The maximum Gasteiger partial charge on any atom is 0.307 e. The summed E-state index contributed by atoms with van der Waals surface area (Å²) in [5.74, 6) is 1.16. The molecule has 0 saturated heterocycles. The van der Waals surface area contributed by atoms with Crippen LogP contribution in [0.2, 0.25) is 0 Å². The number of thiazole rings is 1. The lowest BCUT2D eigenvalue weighted by atomic mass is 10.1. The highest BCUT2D eigenvalue weighted by molar-refractivity contribution is 7.09. The minimum atomic E-state index is -0.285. The van der Waals surface area contributed by atoms with Crippen LogP contribution < -0.4 is 19.7 Å². The van der Waals surface area contributed by atoms with Crippen LogP contribution in [0.1, 0.15) is 10.4 Å². The third kappa shape index (κ3) is 5.05. The normalized spacial score (nSPS) is 10.9. The van der Waals surface area contributed by atoms with Crippen molar-refractivity contribution in [2.75, 3.05) is 27.3 Å². The summed E-state index contributed by atoms with van der Waals surface area (Å²) < 4.78 is 25.5. The molecular formula is C22H25FN2O3S. The minimum absolute atomic E-state index is 0.00958. The molecule has 0 bridgehead atoms. The topological polar surface area (TPSA) is 52.5 Å². The molecule has 1 heterocycles. The van der Waals surface area contributed by atoms with E-state index in [1.54, 1.807) is 38.0 Å². The van der Waals surface area contributed by atoms with E-state index in [1.807, 2.05) is 18.2 Å². The first kappa shape index (κ1) is 21.1. The van der Waals surface area contributed by atoms with Gasteiger partial charge in [-0.05, 0) is 66.9 Å². The predicted molar refractivity (Wildman–Crippen MR) is 115 cm³/mol. The summed E-state index contributed by atoms with van der Waals surface area (Å²) in [6.07, 6.45) is 1.59. The predicted octanol–water partition coefficient (Wildman–Crippen LogP) is 3.64. The van der Waals surface area contributed by atoms with Gasteiger partial charge < -0.3 is 19.4 Å². The molecule has 29 heavy (non-hydrogen) atoms. The third-order valence-corrected chi connectivity index (χ3v) is 5.86. The number of methoxy groups -OCH3 is 2. The fourth-order valence-corrected chi connectivity index (χ4v) is 4.22. The van der Waals surface area contributed by atoms with Gasteiger partial charge in [-0.15, -0.1) is 0 Å². The molecule has 0 amide bonds. The SMILES string of the molecule is COc1ccc(CCNCCc2sc(=O)n(C)c2-c2ccc(F)cc2)cc1OC. The average molecular weight is 417 g/mol. The van der Waals surface area contributed by atoms with Gasteiger partial charge in [-0.2, -0.15) is 0 Å². The van der Waals surface area contributed by atoms with E-state index in [-0.39, 0.29) is 10.7 Å². The van der Waals surface area contributed by atoms with Crippen LogP contribution in [0, 0.1) is 5.82 Å². The van der Waals surface area contributed by atoms with Gasteiger partial charge in [0.15, 0.2) is 11.5 Å². The Morgan fingerprint density at radius 2 is 1.69 bits per heavy atom. The van der Waals surface area contributed by atoms with E-state index in [0.717, 1.165) is 59.1 Å². The standard InChI is InChI=1S/C22H25FN2O3S/c1-25-21(16-5-7-17(23)8-6-16)20(29-22(25)26)11-13-24-12-10-15-4-9-18(27-2)19(14-15)28-3/h4-9,14,24H,10-13H2,1-3H3. The fraction of sp³-hybridized carbons (Fsp3) is 0.318. The first-order chi connectivity index (χ1) is 14.0. The van der Waals surface area contributed by atoms with Gasteiger partial charge in [0.2, 0.25) is 0 Å². The molecule has 0 atom stereocenters. The molecular weight excluding hydrogens is 391 g/mol.